The monoisotopic (exact) mass is 110 g/mol. The van der Waals surface area contributed by atoms with Crippen LogP contribution >= 0.6 is 0 Å². The number of rotatable bonds is 2. The molecule has 6 nitrogen and oxygen atoms in total. The van der Waals surface area contributed by atoms with Gasteiger partial charge >= 0.3 is 0 Å². The van der Waals surface area contributed by atoms with Gasteiger partial charge in [-0.3, -0.25) is 0 Å². The molecule has 0 amide bonds. The molecule has 0 saturated carbocycles. The van der Waals surface area contributed by atoms with Crippen LogP contribution in [-0.4, -0.2) is 12.3 Å². The summed E-state index contributed by atoms with van der Waals surface area (Å²) in [6.45, 7) is 0. The number of nitrogens with one attached hydrogen (secondary N) is 2. The summed E-state index contributed by atoms with van der Waals surface area (Å²) in [4.78, 5) is 3.53. The van der Waals surface area contributed by atoms with E-state index in [2.05, 4.69) is 4.94 Å². The topological polar surface area (TPSA) is 84.5 Å². The van der Waals surface area contributed by atoms with E-state index in [0.29, 0.717) is 0 Å². The Labute approximate surface area is 39.5 Å². The molecule has 0 rings (SSSR count). The predicted octanol–water partition coefficient (Wildman–Crippen LogP) is -3.38. The number of hydrogen-bond donors (Lipinski definition) is 3. The van der Waals surface area contributed by atoms with Crippen LogP contribution in [0.5, 0.6) is 0 Å². The fraction of sp³-hybridized carbons (Fsp3) is 1.00. The molecule has 0 heterocycles. The Balaban J connectivity index is 2.95. The third kappa shape index (κ3) is 5.76. The minimum atomic E-state index is -1.56. The number of hydroxylamine groups is 2. The standard InChI is InChI=1S/CH6N2O4/c1-2(4)7-3(5)6/h2-3,5H,1H3. The first-order valence-electron chi connectivity index (χ1n) is 1.54. The summed E-state index contributed by atoms with van der Waals surface area (Å²) in [6.07, 6.45) is 0. The van der Waals surface area contributed by atoms with E-state index in [9.17, 15) is 10.4 Å². The largest absolute Gasteiger partial charge is 0.596 e. The molecule has 0 aromatic rings. The zero-order chi connectivity index (χ0) is 5.86. The highest BCUT2D eigenvalue weighted by atomic mass is 17.2. The Morgan fingerprint density at radius 1 is 1.57 bits per heavy atom. The van der Waals surface area contributed by atoms with Gasteiger partial charge in [-0.2, -0.15) is 10.4 Å². The Hall–Kier alpha value is -0.240. The van der Waals surface area contributed by atoms with Crippen molar-refractivity contribution < 1.29 is 20.8 Å². The van der Waals surface area contributed by atoms with Crippen LogP contribution in [0, 0.1) is 10.4 Å². The third-order valence-corrected chi connectivity index (χ3v) is 0.231. The fourth-order valence-electron chi connectivity index (χ4n) is 0.123. The molecular weight excluding hydrogens is 104 g/mol. The first kappa shape index (κ1) is 6.76. The molecule has 0 aliphatic rings. The van der Waals surface area contributed by atoms with Gasteiger partial charge in [0, 0.05) is 4.94 Å². The number of hydrogen-bond acceptors (Lipinski definition) is 4. The summed E-state index contributed by atoms with van der Waals surface area (Å²) < 4.78 is 0. The Bertz CT molecular complexity index is 39.0. The molecule has 0 aliphatic carbocycles. The highest BCUT2D eigenvalue weighted by molar-refractivity contribution is 3.80. The van der Waals surface area contributed by atoms with Crippen molar-refractivity contribution in [3.8, 4) is 0 Å². The summed E-state index contributed by atoms with van der Waals surface area (Å²) in [5.74, 6) is 0. The lowest BCUT2D eigenvalue weighted by Gasteiger charge is -2.14. The average Bonchev–Trinajstić information content (AvgIpc) is 1.27. The minimum Gasteiger partial charge on any atom is -0.596 e. The molecule has 3 N–H and O–H groups in total. The van der Waals surface area contributed by atoms with Crippen LogP contribution in [0.1, 0.15) is 0 Å². The van der Waals surface area contributed by atoms with Gasteiger partial charge in [0.15, 0.2) is 0 Å². The molecule has 2 atom stereocenters. The zero-order valence-electron chi connectivity index (χ0n) is 3.67. The van der Waals surface area contributed by atoms with Crippen LogP contribution in [0.4, 0.5) is 0 Å². The van der Waals surface area contributed by atoms with Crippen molar-refractivity contribution in [2.24, 2.45) is 0 Å². The van der Waals surface area contributed by atoms with Gasteiger partial charge in [-0.15, -0.1) is 0 Å². The van der Waals surface area contributed by atoms with Gasteiger partial charge in [0.05, 0.1) is 0 Å². The second-order valence-corrected chi connectivity index (χ2v) is 0.860. The number of quaternary nitrogens is 2. The summed E-state index contributed by atoms with van der Waals surface area (Å²) in [7, 11) is 1.02. The van der Waals surface area contributed by atoms with E-state index in [4.69, 9.17) is 5.21 Å². The molecule has 44 valence electrons. The maximum Gasteiger partial charge on any atom is 0.102 e. The van der Waals surface area contributed by atoms with E-state index in [1.165, 1.54) is 0 Å². The van der Waals surface area contributed by atoms with Gasteiger partial charge in [-0.05, 0) is 5.39 Å². The SMILES string of the molecule is C[NH+]([O-])O[NH+]([O-])O. The summed E-state index contributed by atoms with van der Waals surface area (Å²) in [5, 5.41) is 24.3. The van der Waals surface area contributed by atoms with Crippen LogP contribution in [-0.2, 0) is 4.94 Å². The maximum atomic E-state index is 9.65. The van der Waals surface area contributed by atoms with Gasteiger partial charge in [-0.25, -0.2) is 0 Å². The first-order chi connectivity index (χ1) is 3.13. The first-order valence-corrected chi connectivity index (χ1v) is 1.54. The van der Waals surface area contributed by atoms with Crippen molar-refractivity contribution in [1.82, 2.24) is 0 Å². The molecule has 0 aliphatic heterocycles. The fourth-order valence-corrected chi connectivity index (χ4v) is 0.123. The summed E-state index contributed by atoms with van der Waals surface area (Å²) in [5.41, 5.74) is 0. The highest BCUT2D eigenvalue weighted by Gasteiger charge is 1.90. The van der Waals surface area contributed by atoms with E-state index >= 15 is 0 Å². The van der Waals surface area contributed by atoms with Crippen LogP contribution in [0.3, 0.4) is 0 Å². The van der Waals surface area contributed by atoms with Gasteiger partial charge in [0.2, 0.25) is 0 Å². The molecular formula is CH6N2O4. The second-order valence-electron chi connectivity index (χ2n) is 0.860. The molecule has 7 heavy (non-hydrogen) atoms. The van der Waals surface area contributed by atoms with E-state index in [1.807, 2.05) is 0 Å². The normalized spacial score (nSPS) is 18.9. The van der Waals surface area contributed by atoms with E-state index in [-0.39, 0.29) is 0 Å². The van der Waals surface area contributed by atoms with E-state index < -0.39 is 10.6 Å². The molecule has 6 heteroatoms. The third-order valence-electron chi connectivity index (χ3n) is 0.231. The smallest absolute Gasteiger partial charge is 0.102 e. The molecule has 2 unspecified atom stereocenters. The minimum absolute atomic E-state index is 0.812. The van der Waals surface area contributed by atoms with Crippen molar-refractivity contribution >= 4 is 0 Å². The molecule has 0 radical (unpaired) electrons. The summed E-state index contributed by atoms with van der Waals surface area (Å²) in [6, 6.07) is 0. The predicted molar refractivity (Wildman–Crippen MR) is 17.5 cm³/mol. The van der Waals surface area contributed by atoms with E-state index in [1.54, 1.807) is 0 Å². The van der Waals surface area contributed by atoms with Gasteiger partial charge in [0.25, 0.3) is 0 Å². The maximum absolute atomic E-state index is 9.65. The average molecular weight is 110 g/mol. The Morgan fingerprint density at radius 3 is 2.00 bits per heavy atom. The second kappa shape index (κ2) is 2.86. The van der Waals surface area contributed by atoms with Crippen molar-refractivity contribution in [2.75, 3.05) is 7.05 Å². The Kier molecular flexibility index (Phi) is 2.76. The molecule has 0 bridgehead atoms. The molecule has 0 fully saturated rings. The van der Waals surface area contributed by atoms with Crippen molar-refractivity contribution in [1.29, 1.82) is 0 Å². The molecule has 0 saturated heterocycles. The van der Waals surface area contributed by atoms with Crippen molar-refractivity contribution in [3.63, 3.8) is 0 Å². The molecule has 0 aromatic carbocycles. The van der Waals surface area contributed by atoms with Gasteiger partial charge in [0.1, 0.15) is 7.05 Å². The molecule has 0 aromatic heterocycles. The van der Waals surface area contributed by atoms with Crippen LogP contribution < -0.4 is 10.6 Å². The van der Waals surface area contributed by atoms with Crippen LogP contribution in [0.2, 0.25) is 0 Å². The summed E-state index contributed by atoms with van der Waals surface area (Å²) >= 11 is 0. The van der Waals surface area contributed by atoms with E-state index in [0.717, 1.165) is 7.05 Å². The zero-order valence-corrected chi connectivity index (χ0v) is 3.67. The lowest BCUT2D eigenvalue weighted by molar-refractivity contribution is -1.38. The van der Waals surface area contributed by atoms with Crippen LogP contribution in [0.15, 0.2) is 0 Å². The lowest BCUT2D eigenvalue weighted by atomic mass is 11.5. The molecule has 0 spiro atoms. The van der Waals surface area contributed by atoms with Crippen LogP contribution in [0.25, 0.3) is 0 Å². The Morgan fingerprint density at radius 2 is 2.00 bits per heavy atom. The van der Waals surface area contributed by atoms with Gasteiger partial charge in [-0.1, -0.05) is 0 Å². The van der Waals surface area contributed by atoms with Crippen molar-refractivity contribution in [2.45, 2.75) is 0 Å². The van der Waals surface area contributed by atoms with Gasteiger partial charge < -0.3 is 10.4 Å². The lowest BCUT2D eigenvalue weighted by Crippen LogP contribution is -3.23. The quantitative estimate of drug-likeness (QED) is 0.324. The highest BCUT2D eigenvalue weighted by Crippen LogP contribution is 1.20. The van der Waals surface area contributed by atoms with Crippen molar-refractivity contribution in [3.05, 3.63) is 10.4 Å².